The van der Waals surface area contributed by atoms with Crippen LogP contribution in [0.4, 0.5) is 15.3 Å². The maximum atomic E-state index is 16.0. The third-order valence-corrected chi connectivity index (χ3v) is 19.9. The van der Waals surface area contributed by atoms with E-state index in [9.17, 15) is 48.6 Å². The fourth-order valence-electron chi connectivity index (χ4n) is 14.5. The molecule has 103 heavy (non-hydrogen) atoms. The van der Waals surface area contributed by atoms with Crippen LogP contribution in [0.1, 0.15) is 123 Å². The minimum atomic E-state index is -2.56. The molecule has 542 valence electrons. The molecule has 1 heterocycles. The molecule has 10 rings (SSSR count). The second kappa shape index (κ2) is 32.6. The van der Waals surface area contributed by atoms with Crippen molar-refractivity contribution in [1.29, 1.82) is 0 Å². The molecule has 4 amide bonds. The molecular formula is C78H85N5O20. The van der Waals surface area contributed by atoms with Gasteiger partial charge in [0.1, 0.15) is 55.3 Å². The van der Waals surface area contributed by atoms with Gasteiger partial charge in [-0.15, -0.1) is 0 Å². The van der Waals surface area contributed by atoms with E-state index in [1.807, 2.05) is 12.1 Å². The number of aliphatic hydroxyl groups is 2. The molecule has 0 spiro atoms. The van der Waals surface area contributed by atoms with E-state index in [1.165, 1.54) is 76.2 Å². The van der Waals surface area contributed by atoms with Gasteiger partial charge in [-0.3, -0.25) is 28.8 Å². The Morgan fingerprint density at radius 1 is 0.650 bits per heavy atom. The minimum Gasteiger partial charge on any atom is -0.455 e. The summed E-state index contributed by atoms with van der Waals surface area (Å²) in [5, 5.41) is 37.7. The Hall–Kier alpha value is -10.6. The molecule has 13 atom stereocenters. The summed E-state index contributed by atoms with van der Waals surface area (Å²) < 4.78 is 48.3. The number of unbranched alkanes of at least 4 members (excludes halogenated alkanes) is 1. The molecule has 3 aliphatic carbocycles. The van der Waals surface area contributed by atoms with Gasteiger partial charge in [-0.05, 0) is 109 Å². The lowest BCUT2D eigenvalue weighted by atomic mass is 9.44. The van der Waals surface area contributed by atoms with Gasteiger partial charge >= 0.3 is 36.1 Å². The average molecular weight is 1410 g/mol. The number of nitrogens with one attached hydrogen (secondary N) is 4. The van der Waals surface area contributed by atoms with Crippen LogP contribution in [-0.4, -0.2) is 143 Å². The van der Waals surface area contributed by atoms with Gasteiger partial charge in [0.25, 0.3) is 5.91 Å². The second-order valence-electron chi connectivity index (χ2n) is 27.0. The van der Waals surface area contributed by atoms with Crippen LogP contribution >= 0.6 is 0 Å². The summed E-state index contributed by atoms with van der Waals surface area (Å²) in [7, 11) is 0. The van der Waals surface area contributed by atoms with Gasteiger partial charge in [0.15, 0.2) is 17.5 Å². The van der Waals surface area contributed by atoms with Crippen LogP contribution in [0.25, 0.3) is 0 Å². The van der Waals surface area contributed by atoms with Crippen molar-refractivity contribution < 1.29 is 96.1 Å². The molecular weight excluding hydrogens is 1330 g/mol. The summed E-state index contributed by atoms with van der Waals surface area (Å²) in [6.07, 6.45) is -12.6. The maximum absolute atomic E-state index is 16.0. The molecule has 25 heteroatoms. The van der Waals surface area contributed by atoms with Crippen molar-refractivity contribution in [1.82, 2.24) is 16.0 Å². The Kier molecular flexibility index (Phi) is 23.8. The number of fused-ring (bicyclic) bond motifs is 5. The largest absolute Gasteiger partial charge is 0.509 e. The molecule has 2 saturated carbocycles. The number of carbonyl (C=O) groups is 10. The van der Waals surface area contributed by atoms with Gasteiger partial charge in [0, 0.05) is 49.8 Å². The monoisotopic (exact) mass is 1410 g/mol. The number of esters is 4. The van der Waals surface area contributed by atoms with E-state index >= 15 is 9.59 Å². The smallest absolute Gasteiger partial charge is 0.455 e. The number of alkyl carbamates (subject to hydrolysis) is 1. The van der Waals surface area contributed by atoms with Crippen molar-refractivity contribution in [2.75, 3.05) is 18.5 Å². The molecule has 0 aromatic heterocycles. The summed E-state index contributed by atoms with van der Waals surface area (Å²) in [6.45, 7) is 7.44. The van der Waals surface area contributed by atoms with E-state index in [4.69, 9.17) is 43.6 Å². The zero-order chi connectivity index (χ0) is 73.8. The highest BCUT2D eigenvalue weighted by Crippen LogP contribution is 2.64. The van der Waals surface area contributed by atoms with Crippen LogP contribution in [0.3, 0.4) is 0 Å². The summed E-state index contributed by atoms with van der Waals surface area (Å²) in [4.78, 5) is 143. The highest BCUT2D eigenvalue weighted by Gasteiger charge is 2.78. The first-order chi connectivity index (χ1) is 49.3. The summed E-state index contributed by atoms with van der Waals surface area (Å²) in [5.41, 5.74) is -0.200. The Labute approximate surface area is 595 Å². The Morgan fingerprint density at radius 3 is 1.83 bits per heavy atom. The van der Waals surface area contributed by atoms with E-state index in [2.05, 4.69) is 21.3 Å². The van der Waals surface area contributed by atoms with Crippen molar-refractivity contribution in [3.8, 4) is 0 Å². The predicted molar refractivity (Wildman–Crippen MR) is 370 cm³/mol. The molecule has 1 aliphatic heterocycles. The average Bonchev–Trinajstić information content (AvgIpc) is 0.669. The first-order valence-electron chi connectivity index (χ1n) is 34.0. The lowest BCUT2D eigenvalue weighted by Gasteiger charge is -2.67. The molecule has 8 N–H and O–H groups in total. The van der Waals surface area contributed by atoms with Gasteiger partial charge < -0.3 is 75.1 Å². The number of anilines is 1. The molecule has 2 bridgehead atoms. The van der Waals surface area contributed by atoms with E-state index < -0.39 is 162 Å². The summed E-state index contributed by atoms with van der Waals surface area (Å²) >= 11 is 0. The standard InChI is InChI=1S/C78H85N5O20/c1-46-58(42-78(95)67(102-71(91)54-32-20-11-21-33-54)65-76(6,59(86)41-60-77(65,45-98-60)103-48(3)85)66(87)63(99-47(2)84)61(46)75(78,4)5)100-72(92)64(62(52-28-16-9-17-29-52)83-68(88)53-30-18-10-19-31-53)101-74(94)97-44-51-35-37-55(38-36-51)80-69(89)56(34-22-23-39-79)81-70(90)57(40-49-24-12-7-13-25-49)82-73(93)96-43-50-26-14-8-15-27-50/h7-21,24-33,35-38,56-60,62-65,67,86,95H,22-23,34,39-45,79H2,1-6H3,(H,80,89)(H,81,90)(H,82,93)(H,83,88)/t56-,57-,58-,59-,60?,62-,63+,64+,65?,67-,76+,77-,78+/m0/s1. The number of ketones is 1. The minimum absolute atomic E-state index is 0.00224. The quantitative estimate of drug-likeness (QED) is 0.0116. The highest BCUT2D eigenvalue weighted by atomic mass is 16.7. The van der Waals surface area contributed by atoms with Crippen molar-refractivity contribution in [2.45, 2.75) is 159 Å². The van der Waals surface area contributed by atoms with E-state index in [0.29, 0.717) is 24.9 Å². The molecule has 25 nitrogen and oxygen atoms in total. The molecule has 3 fully saturated rings. The van der Waals surface area contributed by atoms with Crippen LogP contribution in [0, 0.1) is 16.7 Å². The van der Waals surface area contributed by atoms with Crippen molar-refractivity contribution in [2.24, 2.45) is 22.5 Å². The third kappa shape index (κ3) is 16.7. The zero-order valence-electron chi connectivity index (χ0n) is 57.9. The number of aliphatic hydroxyl groups excluding tert-OH is 1. The first kappa shape index (κ1) is 75.1. The maximum Gasteiger partial charge on any atom is 0.509 e. The van der Waals surface area contributed by atoms with Crippen molar-refractivity contribution in [3.05, 3.63) is 220 Å². The highest BCUT2D eigenvalue weighted by molar-refractivity contribution is 5.99. The fraction of sp³-hybridized carbons (Fsp3) is 0.385. The predicted octanol–water partition coefficient (Wildman–Crippen LogP) is 8.19. The van der Waals surface area contributed by atoms with Gasteiger partial charge in [0.05, 0.1) is 29.6 Å². The number of ether oxygens (including phenoxy) is 8. The Bertz CT molecular complexity index is 4090. The lowest BCUT2D eigenvalue weighted by molar-refractivity contribution is -0.346. The number of benzene rings is 6. The summed E-state index contributed by atoms with van der Waals surface area (Å²) in [6, 6.07) is 43.9. The van der Waals surface area contributed by atoms with Crippen LogP contribution in [0.5, 0.6) is 0 Å². The molecule has 0 radical (unpaired) electrons. The number of nitrogens with two attached hydrogens (primary N) is 1. The van der Waals surface area contributed by atoms with Crippen LogP contribution in [-0.2, 0) is 86.3 Å². The topological polar surface area (TPSA) is 359 Å². The van der Waals surface area contributed by atoms with Crippen LogP contribution in [0.15, 0.2) is 187 Å². The summed E-state index contributed by atoms with van der Waals surface area (Å²) in [5.74, 6) is -8.74. The normalized spacial score (nSPS) is 24.1. The number of hydrogen-bond acceptors (Lipinski definition) is 21. The number of rotatable bonds is 26. The van der Waals surface area contributed by atoms with Crippen LogP contribution in [0.2, 0.25) is 0 Å². The SMILES string of the molecule is CC(=O)O[C@H]1C(=O)[C@@]2(C)C([C@H](OC(=O)c3ccccc3)[C@]3(O)C[C@H](OC(=O)[C@H](OC(=O)OCc4ccc(NC(=O)[C@H](CCCCN)NC(=O)[C@H](Cc5ccccc5)NC(=O)OCc5ccccc5)cc4)[C@@H](NC(=O)c4ccccc4)c4ccccc4)C(C)=C1C3(C)C)[C@]1(OC(C)=O)COC1C[C@@H]2O. The van der Waals surface area contributed by atoms with Crippen molar-refractivity contribution in [3.63, 3.8) is 0 Å². The third-order valence-electron chi connectivity index (χ3n) is 19.9. The molecule has 4 aliphatic rings. The fourth-order valence-corrected chi connectivity index (χ4v) is 14.5. The van der Waals surface area contributed by atoms with E-state index in [0.717, 1.165) is 25.0 Å². The molecule has 6 aromatic carbocycles. The first-order valence-corrected chi connectivity index (χ1v) is 34.0. The van der Waals surface area contributed by atoms with Crippen LogP contribution < -0.4 is 27.0 Å². The van der Waals surface area contributed by atoms with Gasteiger partial charge in [-0.1, -0.05) is 153 Å². The number of amides is 4. The Morgan fingerprint density at radius 2 is 1.23 bits per heavy atom. The van der Waals surface area contributed by atoms with E-state index in [1.54, 1.807) is 115 Å². The molecule has 1 saturated heterocycles. The number of Topliss-reactive ketones (excluding diaryl/α,β-unsaturated/α-hetero) is 1. The number of hydrogen-bond donors (Lipinski definition) is 7. The van der Waals surface area contributed by atoms with E-state index in [-0.39, 0.29) is 59.4 Å². The van der Waals surface area contributed by atoms with Gasteiger partial charge in [0.2, 0.25) is 17.9 Å². The zero-order valence-corrected chi connectivity index (χ0v) is 57.9. The number of carbonyl (C=O) groups excluding carboxylic acids is 10. The van der Waals surface area contributed by atoms with Crippen molar-refractivity contribution >= 4 is 65.3 Å². The lowest BCUT2D eigenvalue weighted by Crippen LogP contribution is -2.82. The van der Waals surface area contributed by atoms with Gasteiger partial charge in [-0.2, -0.15) is 0 Å². The van der Waals surface area contributed by atoms with Gasteiger partial charge in [-0.25, -0.2) is 19.2 Å². The molecule has 2 unspecified atom stereocenters. The Balaban J connectivity index is 0.937. The molecule has 6 aromatic rings. The second-order valence-corrected chi connectivity index (χ2v) is 27.0.